The van der Waals surface area contributed by atoms with Crippen LogP contribution in [0.1, 0.15) is 0 Å². The van der Waals surface area contributed by atoms with Crippen molar-refractivity contribution in [1.29, 1.82) is 0 Å². The fraction of sp³-hybridized carbons (Fsp3) is 0. The molecule has 7 heavy (non-hydrogen) atoms. The Labute approximate surface area is 106 Å². The molecule has 3 N–H and O–H groups in total. The van der Waals surface area contributed by atoms with Gasteiger partial charge in [-0.05, 0) is 0 Å². The Morgan fingerprint density at radius 3 is 1.14 bits per heavy atom. The summed E-state index contributed by atoms with van der Waals surface area (Å²) < 4.78 is 8.88. The summed E-state index contributed by atoms with van der Waals surface area (Å²) in [7, 11) is -4.64. The van der Waals surface area contributed by atoms with Crippen molar-refractivity contribution in [3.63, 3.8) is 0 Å². The molecular weight excluding hydrogens is 321 g/mol. The zero-order valence-electron chi connectivity index (χ0n) is 2.77. The van der Waals surface area contributed by atoms with Crippen LogP contribution in [-0.4, -0.2) is 63.6 Å². The van der Waals surface area contributed by atoms with E-state index in [4.69, 9.17) is 19.2 Å². The summed E-state index contributed by atoms with van der Waals surface area (Å²) in [5.74, 6) is 0. The van der Waals surface area contributed by atoms with Crippen molar-refractivity contribution in [1.82, 2.24) is 0 Å². The standard InChI is InChI=1S/Ba.H3O4P.Y.2H/c;1-5(2,3)4;;;/h;(H3,1,2,3,4);;;. The number of hydrogen-bond donors (Lipinski definition) is 3. The van der Waals surface area contributed by atoms with E-state index in [0.717, 1.165) is 0 Å². The van der Waals surface area contributed by atoms with Gasteiger partial charge < -0.3 is 14.7 Å². The Kier molecular flexibility index (Phi) is 16.2. The third-order valence-corrected chi connectivity index (χ3v) is 0. The molecule has 0 saturated carbocycles. The number of phosphoric acid groups is 1. The Morgan fingerprint density at radius 1 is 1.14 bits per heavy atom. The summed E-state index contributed by atoms with van der Waals surface area (Å²) in [6.45, 7) is 0. The van der Waals surface area contributed by atoms with Gasteiger partial charge in [0.25, 0.3) is 0 Å². The van der Waals surface area contributed by atoms with Crippen molar-refractivity contribution < 1.29 is 52.0 Å². The molecule has 0 aliphatic heterocycles. The van der Waals surface area contributed by atoms with Crippen molar-refractivity contribution in [3.05, 3.63) is 0 Å². The van der Waals surface area contributed by atoms with Crippen molar-refractivity contribution in [2.45, 2.75) is 0 Å². The van der Waals surface area contributed by atoms with Crippen LogP contribution in [0.25, 0.3) is 0 Å². The summed E-state index contributed by atoms with van der Waals surface area (Å²) >= 11 is 0. The molecule has 0 aliphatic rings. The zero-order valence-corrected chi connectivity index (χ0v) is 6.51. The molecule has 0 saturated heterocycles. The number of rotatable bonds is 0. The van der Waals surface area contributed by atoms with E-state index in [-0.39, 0.29) is 81.6 Å². The van der Waals surface area contributed by atoms with Crippen molar-refractivity contribution in [2.75, 3.05) is 0 Å². The van der Waals surface area contributed by atoms with Gasteiger partial charge in [0.1, 0.15) is 0 Å². The van der Waals surface area contributed by atoms with Gasteiger partial charge in [0.2, 0.25) is 0 Å². The molecule has 0 aromatic heterocycles. The minimum absolute atomic E-state index is 0. The summed E-state index contributed by atoms with van der Waals surface area (Å²) in [6, 6.07) is 0. The van der Waals surface area contributed by atoms with Crippen LogP contribution >= 0.6 is 7.82 Å². The maximum absolute atomic E-state index is 8.88. The molecule has 0 bridgehead atoms. The predicted octanol–water partition coefficient (Wildman–Crippen LogP) is -1.85. The van der Waals surface area contributed by atoms with E-state index < -0.39 is 7.82 Å². The van der Waals surface area contributed by atoms with Gasteiger partial charge in [0.15, 0.2) is 0 Å². The molecule has 39 valence electrons. The first-order valence-electron chi connectivity index (χ1n) is 0.783. The van der Waals surface area contributed by atoms with E-state index >= 15 is 0 Å². The van der Waals surface area contributed by atoms with Crippen molar-refractivity contribution in [3.8, 4) is 0 Å². The molecule has 0 rings (SSSR count). The molecule has 1 radical (unpaired) electrons. The van der Waals surface area contributed by atoms with Gasteiger partial charge in [-0.2, -0.15) is 0 Å². The smallest absolute Gasteiger partial charge is 0 e. The molecule has 0 fully saturated rings. The molecule has 0 heterocycles. The van der Waals surface area contributed by atoms with Crippen LogP contribution in [0.2, 0.25) is 0 Å². The summed E-state index contributed by atoms with van der Waals surface area (Å²) in [5.41, 5.74) is 0. The van der Waals surface area contributed by atoms with Gasteiger partial charge in [0, 0.05) is 32.7 Å². The van der Waals surface area contributed by atoms with E-state index in [2.05, 4.69) is 0 Å². The maximum atomic E-state index is 8.88. The molecule has 0 spiro atoms. The second kappa shape index (κ2) is 6.90. The molecular formula is H5BaO4PY. The van der Waals surface area contributed by atoms with E-state index in [1.54, 1.807) is 0 Å². The average molecular weight is 326 g/mol. The zero-order chi connectivity index (χ0) is 4.50. The van der Waals surface area contributed by atoms with Crippen LogP contribution in [0.5, 0.6) is 0 Å². The van der Waals surface area contributed by atoms with Gasteiger partial charge in [0.05, 0.1) is 0 Å². The fourth-order valence-corrected chi connectivity index (χ4v) is 0. The normalized spacial score (nSPS) is 8.43. The Bertz CT molecular complexity index is 57.8. The molecule has 0 atom stereocenters. The van der Waals surface area contributed by atoms with Gasteiger partial charge in [-0.3, -0.25) is 0 Å². The minimum atomic E-state index is -4.64. The summed E-state index contributed by atoms with van der Waals surface area (Å²) in [4.78, 5) is 21.6. The molecule has 4 nitrogen and oxygen atoms in total. The van der Waals surface area contributed by atoms with Crippen LogP contribution in [-0.2, 0) is 37.3 Å². The third kappa shape index (κ3) is 52.1. The third-order valence-electron chi connectivity index (χ3n) is 0. The molecule has 0 amide bonds. The van der Waals surface area contributed by atoms with Crippen LogP contribution in [0.4, 0.5) is 0 Å². The van der Waals surface area contributed by atoms with Crippen molar-refractivity contribution in [2.24, 2.45) is 0 Å². The van der Waals surface area contributed by atoms with Gasteiger partial charge in [-0.25, -0.2) is 4.57 Å². The van der Waals surface area contributed by atoms with Crippen LogP contribution in [0.3, 0.4) is 0 Å². The second-order valence-electron chi connectivity index (χ2n) is 0.513. The fourth-order valence-electron chi connectivity index (χ4n) is 0. The van der Waals surface area contributed by atoms with Crippen LogP contribution in [0, 0.1) is 0 Å². The molecule has 0 aromatic carbocycles. The summed E-state index contributed by atoms with van der Waals surface area (Å²) in [6.07, 6.45) is 0. The second-order valence-corrected chi connectivity index (χ2v) is 1.54. The number of hydrogen-bond acceptors (Lipinski definition) is 1. The van der Waals surface area contributed by atoms with Crippen LogP contribution in [0.15, 0.2) is 0 Å². The van der Waals surface area contributed by atoms with E-state index in [0.29, 0.717) is 0 Å². The Morgan fingerprint density at radius 2 is 1.14 bits per heavy atom. The van der Waals surface area contributed by atoms with Gasteiger partial charge in [-0.15, -0.1) is 0 Å². The topological polar surface area (TPSA) is 77.8 Å². The van der Waals surface area contributed by atoms with Crippen LogP contribution < -0.4 is 0 Å². The van der Waals surface area contributed by atoms with E-state index in [9.17, 15) is 0 Å². The first kappa shape index (κ1) is 16.4. The first-order chi connectivity index (χ1) is 2.00. The summed E-state index contributed by atoms with van der Waals surface area (Å²) in [5, 5.41) is 0. The molecule has 7 heteroatoms. The van der Waals surface area contributed by atoms with E-state index in [1.165, 1.54) is 0 Å². The minimum Gasteiger partial charge on any atom is 0 e. The largest absolute Gasteiger partial charge is 0 e. The molecule has 0 unspecified atom stereocenters. The first-order valence-corrected chi connectivity index (χ1v) is 2.35. The van der Waals surface area contributed by atoms with E-state index in [1.807, 2.05) is 0 Å². The van der Waals surface area contributed by atoms with Gasteiger partial charge >= 0.3 is 56.7 Å². The quantitative estimate of drug-likeness (QED) is 0.361. The van der Waals surface area contributed by atoms with Gasteiger partial charge in [-0.1, -0.05) is 0 Å². The van der Waals surface area contributed by atoms with Crippen molar-refractivity contribution >= 4 is 56.7 Å². The Hall–Kier alpha value is 2.79. The Balaban J connectivity index is -0.0000000800. The predicted molar refractivity (Wildman–Crippen MR) is 22.8 cm³/mol. The molecule has 0 aliphatic carbocycles. The SMILES string of the molecule is O=P(O)(O)O.[BaH2].[Y]. The monoisotopic (exact) mass is 327 g/mol. The average Bonchev–Trinajstić information content (AvgIpc) is 0.722. The molecule has 0 aromatic rings. The maximum Gasteiger partial charge on any atom is 0 e.